The molecule has 0 saturated carbocycles. The third kappa shape index (κ3) is 3.06. The summed E-state index contributed by atoms with van der Waals surface area (Å²) in [6.07, 6.45) is 0. The Labute approximate surface area is 139 Å². The van der Waals surface area contributed by atoms with Crippen molar-refractivity contribution in [3.8, 4) is 0 Å². The van der Waals surface area contributed by atoms with Gasteiger partial charge in [0.2, 0.25) is 0 Å². The van der Waals surface area contributed by atoms with E-state index in [0.29, 0.717) is 16.8 Å². The second-order valence-electron chi connectivity index (χ2n) is 5.94. The van der Waals surface area contributed by atoms with Crippen LogP contribution in [0, 0.1) is 20.8 Å². The first-order valence-corrected chi connectivity index (χ1v) is 7.79. The van der Waals surface area contributed by atoms with Crippen LogP contribution < -0.4 is 10.9 Å². The molecule has 0 saturated heterocycles. The number of aromatic nitrogens is 2. The largest absolute Gasteiger partial charge is 0.348 e. The Kier molecular flexibility index (Phi) is 4.16. The lowest BCUT2D eigenvalue weighted by atomic mass is 10.1. The van der Waals surface area contributed by atoms with E-state index in [-0.39, 0.29) is 18.0 Å². The second kappa shape index (κ2) is 6.28. The maximum Gasteiger partial charge on any atom is 0.253 e. The van der Waals surface area contributed by atoms with E-state index in [1.54, 1.807) is 0 Å². The van der Waals surface area contributed by atoms with Gasteiger partial charge < -0.3 is 10.3 Å². The predicted molar refractivity (Wildman–Crippen MR) is 94.2 cm³/mol. The number of aryl methyl sites for hydroxylation is 3. The first-order chi connectivity index (χ1) is 11.5. The van der Waals surface area contributed by atoms with E-state index in [1.165, 1.54) is 0 Å². The number of hydrogen-bond donors (Lipinski definition) is 2. The number of para-hydroxylation sites is 1. The van der Waals surface area contributed by atoms with Crippen LogP contribution in [0.4, 0.5) is 0 Å². The van der Waals surface area contributed by atoms with E-state index >= 15 is 0 Å². The number of rotatable bonds is 3. The summed E-state index contributed by atoms with van der Waals surface area (Å²) in [6, 6.07) is 11.4. The van der Waals surface area contributed by atoms with Crippen molar-refractivity contribution in [1.82, 2.24) is 15.3 Å². The van der Waals surface area contributed by atoms with Gasteiger partial charge in [0.05, 0.1) is 16.8 Å². The van der Waals surface area contributed by atoms with Gasteiger partial charge >= 0.3 is 0 Å². The van der Waals surface area contributed by atoms with Gasteiger partial charge in [0, 0.05) is 23.2 Å². The molecule has 0 aliphatic rings. The molecule has 5 heteroatoms. The summed E-state index contributed by atoms with van der Waals surface area (Å²) in [6.45, 7) is 5.70. The van der Waals surface area contributed by atoms with Gasteiger partial charge in [0.15, 0.2) is 0 Å². The average molecular weight is 321 g/mol. The van der Waals surface area contributed by atoms with Crippen molar-refractivity contribution in [3.05, 3.63) is 74.8 Å². The van der Waals surface area contributed by atoms with Crippen molar-refractivity contribution in [2.24, 2.45) is 0 Å². The number of fused-ring (bicyclic) bond motifs is 1. The summed E-state index contributed by atoms with van der Waals surface area (Å²) in [7, 11) is 0. The maximum atomic E-state index is 12.5. The highest BCUT2D eigenvalue weighted by atomic mass is 16.1. The van der Waals surface area contributed by atoms with Crippen molar-refractivity contribution >= 4 is 16.8 Å². The van der Waals surface area contributed by atoms with E-state index in [9.17, 15) is 9.59 Å². The molecule has 0 bridgehead atoms. The highest BCUT2D eigenvalue weighted by molar-refractivity contribution is 5.98. The molecule has 0 spiro atoms. The Hall–Kier alpha value is -2.95. The van der Waals surface area contributed by atoms with Gasteiger partial charge in [-0.3, -0.25) is 14.6 Å². The molecule has 2 N–H and O–H groups in total. The van der Waals surface area contributed by atoms with Crippen LogP contribution in [0.5, 0.6) is 0 Å². The molecule has 1 aromatic carbocycles. The molecule has 3 aromatic rings. The molecule has 0 radical (unpaired) electrons. The smallest absolute Gasteiger partial charge is 0.253 e. The fraction of sp³-hybridized carbons (Fsp3) is 0.211. The van der Waals surface area contributed by atoms with Crippen LogP contribution >= 0.6 is 0 Å². The average Bonchev–Trinajstić information content (AvgIpc) is 2.53. The molecule has 0 fully saturated rings. The molecule has 0 aliphatic carbocycles. The first-order valence-electron chi connectivity index (χ1n) is 7.79. The minimum Gasteiger partial charge on any atom is -0.348 e. The monoisotopic (exact) mass is 321 g/mol. The molecule has 5 nitrogen and oxygen atoms in total. The number of carbonyl (C=O) groups excluding carboxylic acids is 1. The number of H-pyrrole nitrogens is 1. The van der Waals surface area contributed by atoms with E-state index in [4.69, 9.17) is 0 Å². The lowest BCUT2D eigenvalue weighted by molar-refractivity contribution is 0.0950. The fourth-order valence-electron chi connectivity index (χ4n) is 2.81. The molecule has 3 rings (SSSR count). The Morgan fingerprint density at radius 2 is 1.92 bits per heavy atom. The van der Waals surface area contributed by atoms with Crippen molar-refractivity contribution in [2.75, 3.05) is 0 Å². The van der Waals surface area contributed by atoms with Gasteiger partial charge in [-0.2, -0.15) is 0 Å². The lowest BCUT2D eigenvalue weighted by Gasteiger charge is -2.10. The summed E-state index contributed by atoms with van der Waals surface area (Å²) in [5, 5.41) is 3.74. The summed E-state index contributed by atoms with van der Waals surface area (Å²) in [5.74, 6) is -0.231. The van der Waals surface area contributed by atoms with E-state index in [0.717, 1.165) is 22.2 Å². The van der Waals surface area contributed by atoms with E-state index in [1.807, 2.05) is 57.2 Å². The first kappa shape index (κ1) is 15.9. The van der Waals surface area contributed by atoms with Gasteiger partial charge in [0.25, 0.3) is 11.5 Å². The topological polar surface area (TPSA) is 74.8 Å². The molecule has 1 amide bonds. The van der Waals surface area contributed by atoms with Gasteiger partial charge in [-0.05, 0) is 44.5 Å². The quantitative estimate of drug-likeness (QED) is 0.779. The predicted octanol–water partition coefficient (Wildman–Crippen LogP) is 2.78. The van der Waals surface area contributed by atoms with Crippen LogP contribution in [0.25, 0.3) is 10.9 Å². The highest BCUT2D eigenvalue weighted by Gasteiger charge is 2.13. The summed E-state index contributed by atoms with van der Waals surface area (Å²) >= 11 is 0. The summed E-state index contributed by atoms with van der Waals surface area (Å²) in [5.41, 5.74) is 4.13. The van der Waals surface area contributed by atoms with Crippen molar-refractivity contribution in [2.45, 2.75) is 27.3 Å². The molecule has 24 heavy (non-hydrogen) atoms. The zero-order valence-corrected chi connectivity index (χ0v) is 13.9. The van der Waals surface area contributed by atoms with Crippen molar-refractivity contribution in [1.29, 1.82) is 0 Å². The number of pyridine rings is 2. The molecule has 2 aromatic heterocycles. The van der Waals surface area contributed by atoms with Crippen molar-refractivity contribution < 1.29 is 4.79 Å². The van der Waals surface area contributed by atoms with Crippen LogP contribution in [0.15, 0.2) is 41.2 Å². The molecule has 0 unspecified atom stereocenters. The van der Waals surface area contributed by atoms with Gasteiger partial charge in [-0.15, -0.1) is 0 Å². The fourth-order valence-corrected chi connectivity index (χ4v) is 2.81. The molecular weight excluding hydrogens is 302 g/mol. The number of benzene rings is 1. The van der Waals surface area contributed by atoms with Crippen LogP contribution in [0.3, 0.4) is 0 Å². The third-order valence-electron chi connectivity index (χ3n) is 4.08. The molecule has 0 atom stereocenters. The number of carbonyl (C=O) groups is 1. The van der Waals surface area contributed by atoms with Crippen LogP contribution in [-0.4, -0.2) is 15.9 Å². The second-order valence-corrected chi connectivity index (χ2v) is 5.94. The zero-order valence-electron chi connectivity index (χ0n) is 13.9. The van der Waals surface area contributed by atoms with E-state index in [2.05, 4.69) is 15.3 Å². The number of nitrogens with one attached hydrogen (secondary N) is 2. The summed E-state index contributed by atoms with van der Waals surface area (Å²) < 4.78 is 0. The standard InChI is InChI=1S/C19H19N3O2/c1-11-8-12(2)21-19(24)16(11)10-20-18(23)15-9-14-6-4-5-7-17(14)22-13(15)3/h4-9H,10H2,1-3H3,(H,20,23)(H,21,24). The molecular formula is C19H19N3O2. The van der Waals surface area contributed by atoms with Crippen LogP contribution in [-0.2, 0) is 6.54 Å². The Morgan fingerprint density at radius 3 is 2.67 bits per heavy atom. The van der Waals surface area contributed by atoms with Crippen LogP contribution in [0.2, 0.25) is 0 Å². The zero-order chi connectivity index (χ0) is 17.3. The molecule has 0 aliphatic heterocycles. The van der Waals surface area contributed by atoms with Gasteiger partial charge in [-0.25, -0.2) is 0 Å². The minimum absolute atomic E-state index is 0.166. The Morgan fingerprint density at radius 1 is 1.17 bits per heavy atom. The molecule has 122 valence electrons. The highest BCUT2D eigenvalue weighted by Crippen LogP contribution is 2.16. The van der Waals surface area contributed by atoms with Crippen molar-refractivity contribution in [3.63, 3.8) is 0 Å². The number of aromatic amines is 1. The van der Waals surface area contributed by atoms with Gasteiger partial charge in [0.1, 0.15) is 0 Å². The third-order valence-corrected chi connectivity index (χ3v) is 4.08. The Bertz CT molecular complexity index is 990. The van der Waals surface area contributed by atoms with Gasteiger partial charge in [-0.1, -0.05) is 18.2 Å². The van der Waals surface area contributed by atoms with Crippen LogP contribution in [0.1, 0.15) is 32.9 Å². The van der Waals surface area contributed by atoms with E-state index < -0.39 is 0 Å². The Balaban J connectivity index is 1.86. The number of nitrogens with zero attached hydrogens (tertiary/aromatic N) is 1. The SMILES string of the molecule is Cc1cc(C)c(CNC(=O)c2cc3ccccc3nc2C)c(=O)[nH]1. The number of amides is 1. The normalized spacial score (nSPS) is 10.8. The summed E-state index contributed by atoms with van der Waals surface area (Å²) in [4.78, 5) is 31.8. The lowest BCUT2D eigenvalue weighted by Crippen LogP contribution is -2.28. The maximum absolute atomic E-state index is 12.5. The number of hydrogen-bond acceptors (Lipinski definition) is 3. The minimum atomic E-state index is -0.231. The molecule has 2 heterocycles.